The molecule has 0 saturated carbocycles. The molecule has 0 aliphatic heterocycles. The molecule has 0 aliphatic carbocycles. The van der Waals surface area contributed by atoms with E-state index < -0.39 is 0 Å². The molecular weight excluding hydrogens is 202 g/mol. The lowest BCUT2D eigenvalue weighted by atomic mass is 10.1. The summed E-state index contributed by atoms with van der Waals surface area (Å²) in [6, 6.07) is 5.72. The Hall–Kier alpha value is -1.04. The van der Waals surface area contributed by atoms with Crippen LogP contribution >= 0.6 is 22.9 Å². The molecule has 0 radical (unpaired) electrons. The zero-order chi connectivity index (χ0) is 9.42. The molecule has 0 bridgehead atoms. The Morgan fingerprint density at radius 1 is 1.46 bits per heavy atom. The van der Waals surface area contributed by atoms with Crippen LogP contribution in [0.3, 0.4) is 0 Å². The molecule has 0 saturated heterocycles. The normalized spacial score (nSPS) is 10.2. The summed E-state index contributed by atoms with van der Waals surface area (Å²) in [4.78, 5) is 0. The number of benzene rings is 1. The molecule has 1 nitrogen and oxygen atoms in total. The third-order valence-corrected chi connectivity index (χ3v) is 3.54. The van der Waals surface area contributed by atoms with Gasteiger partial charge in [-0.25, -0.2) is 0 Å². The van der Waals surface area contributed by atoms with E-state index in [9.17, 15) is 0 Å². The Bertz CT molecular complexity index is 507. The van der Waals surface area contributed by atoms with Gasteiger partial charge in [-0.2, -0.15) is 5.26 Å². The number of nitriles is 1. The molecule has 0 N–H and O–H groups in total. The van der Waals surface area contributed by atoms with Crippen molar-refractivity contribution in [2.75, 3.05) is 0 Å². The van der Waals surface area contributed by atoms with E-state index in [1.807, 2.05) is 12.3 Å². The number of thiophene rings is 1. The SMILES string of the molecule is Cc1csc2c(Cl)ccc(C#N)c12. The molecular formula is C10H6ClNS. The lowest BCUT2D eigenvalue weighted by Crippen LogP contribution is -1.77. The second-order valence-corrected chi connectivity index (χ2v) is 4.12. The van der Waals surface area contributed by atoms with Gasteiger partial charge >= 0.3 is 0 Å². The Balaban J connectivity index is 2.99. The molecule has 64 valence electrons. The highest BCUT2D eigenvalue weighted by Crippen LogP contribution is 2.33. The summed E-state index contributed by atoms with van der Waals surface area (Å²) in [5.41, 5.74) is 1.83. The van der Waals surface area contributed by atoms with Crippen LogP contribution < -0.4 is 0 Å². The maximum atomic E-state index is 8.88. The maximum absolute atomic E-state index is 8.88. The average molecular weight is 208 g/mol. The smallest absolute Gasteiger partial charge is 0.0998 e. The average Bonchev–Trinajstić information content (AvgIpc) is 2.51. The Morgan fingerprint density at radius 3 is 2.92 bits per heavy atom. The van der Waals surface area contributed by atoms with Crippen molar-refractivity contribution in [1.82, 2.24) is 0 Å². The van der Waals surface area contributed by atoms with Crippen molar-refractivity contribution in [2.45, 2.75) is 6.92 Å². The van der Waals surface area contributed by atoms with Gasteiger partial charge in [-0.3, -0.25) is 0 Å². The highest BCUT2D eigenvalue weighted by molar-refractivity contribution is 7.18. The number of aryl methyl sites for hydroxylation is 1. The number of nitrogens with zero attached hydrogens (tertiary/aromatic N) is 1. The lowest BCUT2D eigenvalue weighted by Gasteiger charge is -1.96. The number of hydrogen-bond donors (Lipinski definition) is 0. The third kappa shape index (κ3) is 1.21. The summed E-state index contributed by atoms with van der Waals surface area (Å²) in [5, 5.41) is 12.6. The zero-order valence-electron chi connectivity index (χ0n) is 6.97. The molecule has 0 aliphatic rings. The first kappa shape index (κ1) is 8.55. The number of rotatable bonds is 0. The Labute approximate surface area is 85.2 Å². The van der Waals surface area contributed by atoms with E-state index in [2.05, 4.69) is 6.07 Å². The van der Waals surface area contributed by atoms with Gasteiger partial charge in [0.2, 0.25) is 0 Å². The Kier molecular flexibility index (Phi) is 1.99. The van der Waals surface area contributed by atoms with E-state index in [4.69, 9.17) is 16.9 Å². The van der Waals surface area contributed by atoms with Gasteiger partial charge in [-0.05, 0) is 30.0 Å². The monoisotopic (exact) mass is 207 g/mol. The number of fused-ring (bicyclic) bond motifs is 1. The molecule has 0 unspecified atom stereocenters. The number of hydrogen-bond acceptors (Lipinski definition) is 2. The van der Waals surface area contributed by atoms with Gasteiger partial charge in [0.1, 0.15) is 0 Å². The lowest BCUT2D eigenvalue weighted by molar-refractivity contribution is 1.49. The summed E-state index contributed by atoms with van der Waals surface area (Å²) in [6.07, 6.45) is 0. The molecule has 13 heavy (non-hydrogen) atoms. The van der Waals surface area contributed by atoms with Crippen molar-refractivity contribution >= 4 is 33.0 Å². The van der Waals surface area contributed by atoms with E-state index in [1.54, 1.807) is 23.5 Å². The van der Waals surface area contributed by atoms with Crippen LogP contribution in [0.5, 0.6) is 0 Å². The van der Waals surface area contributed by atoms with E-state index in [-0.39, 0.29) is 0 Å². The van der Waals surface area contributed by atoms with Gasteiger partial charge in [0.15, 0.2) is 0 Å². The summed E-state index contributed by atoms with van der Waals surface area (Å²) in [5.74, 6) is 0. The van der Waals surface area contributed by atoms with E-state index in [1.165, 1.54) is 0 Å². The van der Waals surface area contributed by atoms with Crippen LogP contribution in [0.15, 0.2) is 17.5 Å². The molecule has 1 aromatic heterocycles. The van der Waals surface area contributed by atoms with Gasteiger partial charge in [-0.15, -0.1) is 11.3 Å². The summed E-state index contributed by atoms with van der Waals surface area (Å²) >= 11 is 7.59. The van der Waals surface area contributed by atoms with Crippen molar-refractivity contribution in [3.05, 3.63) is 33.7 Å². The predicted molar refractivity (Wildman–Crippen MR) is 56.3 cm³/mol. The fraction of sp³-hybridized carbons (Fsp3) is 0.100. The molecule has 2 rings (SSSR count). The molecule has 1 heterocycles. The second-order valence-electron chi connectivity index (χ2n) is 2.83. The van der Waals surface area contributed by atoms with E-state index in [0.717, 1.165) is 20.7 Å². The largest absolute Gasteiger partial charge is 0.192 e. The maximum Gasteiger partial charge on any atom is 0.0998 e. The van der Waals surface area contributed by atoms with E-state index in [0.29, 0.717) is 5.56 Å². The molecule has 0 spiro atoms. The fourth-order valence-electron chi connectivity index (χ4n) is 1.36. The van der Waals surface area contributed by atoms with Crippen LogP contribution in [0, 0.1) is 18.3 Å². The Morgan fingerprint density at radius 2 is 2.23 bits per heavy atom. The highest BCUT2D eigenvalue weighted by atomic mass is 35.5. The predicted octanol–water partition coefficient (Wildman–Crippen LogP) is 3.73. The highest BCUT2D eigenvalue weighted by Gasteiger charge is 2.08. The minimum atomic E-state index is 0.707. The summed E-state index contributed by atoms with van der Waals surface area (Å²) in [7, 11) is 0. The standard InChI is InChI=1S/C10H6ClNS/c1-6-5-13-10-8(11)3-2-7(4-12)9(6)10/h2-3,5H,1H3. The molecule has 3 heteroatoms. The second kappa shape index (κ2) is 3.02. The molecule has 1 aromatic carbocycles. The van der Waals surface area contributed by atoms with Crippen LogP contribution in [-0.2, 0) is 0 Å². The third-order valence-electron chi connectivity index (χ3n) is 1.98. The van der Waals surface area contributed by atoms with Crippen molar-refractivity contribution in [3.63, 3.8) is 0 Å². The van der Waals surface area contributed by atoms with Crippen molar-refractivity contribution < 1.29 is 0 Å². The molecule has 0 atom stereocenters. The summed E-state index contributed by atoms with van der Waals surface area (Å²) < 4.78 is 1.01. The van der Waals surface area contributed by atoms with Crippen LogP contribution in [0.4, 0.5) is 0 Å². The van der Waals surface area contributed by atoms with Crippen molar-refractivity contribution in [3.8, 4) is 6.07 Å². The van der Waals surface area contributed by atoms with Crippen LogP contribution in [0.2, 0.25) is 5.02 Å². The number of halogens is 1. The van der Waals surface area contributed by atoms with E-state index >= 15 is 0 Å². The van der Waals surface area contributed by atoms with Gasteiger partial charge in [-0.1, -0.05) is 11.6 Å². The van der Waals surface area contributed by atoms with Gasteiger partial charge in [0, 0.05) is 5.39 Å². The van der Waals surface area contributed by atoms with Crippen LogP contribution in [0.1, 0.15) is 11.1 Å². The summed E-state index contributed by atoms with van der Waals surface area (Å²) in [6.45, 7) is 2.00. The van der Waals surface area contributed by atoms with Crippen LogP contribution in [-0.4, -0.2) is 0 Å². The minimum absolute atomic E-state index is 0.707. The quantitative estimate of drug-likeness (QED) is 0.646. The fourth-order valence-corrected chi connectivity index (χ4v) is 2.64. The first-order chi connectivity index (χ1) is 6.24. The molecule has 0 amide bonds. The first-order valence-corrected chi connectivity index (χ1v) is 5.06. The first-order valence-electron chi connectivity index (χ1n) is 3.80. The van der Waals surface area contributed by atoms with Crippen LogP contribution in [0.25, 0.3) is 10.1 Å². The zero-order valence-corrected chi connectivity index (χ0v) is 8.54. The molecule has 0 fully saturated rings. The van der Waals surface area contributed by atoms with Gasteiger partial charge in [0.25, 0.3) is 0 Å². The van der Waals surface area contributed by atoms with Gasteiger partial charge in [0.05, 0.1) is 21.4 Å². The van der Waals surface area contributed by atoms with Crippen molar-refractivity contribution in [2.24, 2.45) is 0 Å². The minimum Gasteiger partial charge on any atom is -0.192 e. The van der Waals surface area contributed by atoms with Crippen molar-refractivity contribution in [1.29, 1.82) is 5.26 Å². The molecule has 2 aromatic rings. The van der Waals surface area contributed by atoms with Gasteiger partial charge < -0.3 is 0 Å². The topological polar surface area (TPSA) is 23.8 Å².